The molecule has 9 rings (SSSR count). The maximum atomic E-state index is 15.1. The van der Waals surface area contributed by atoms with Crippen LogP contribution in [0.15, 0.2) is 164 Å². The minimum atomic E-state index is -1.40. The molecule has 7 aromatic carbocycles. The number of nitrogens with zero attached hydrogens (tertiary/aromatic N) is 2. The van der Waals surface area contributed by atoms with E-state index in [1.165, 1.54) is 22.3 Å². The van der Waals surface area contributed by atoms with E-state index >= 15 is 4.79 Å². The fourth-order valence-corrected chi connectivity index (χ4v) is 13.2. The summed E-state index contributed by atoms with van der Waals surface area (Å²) in [5, 5.41) is 0. The van der Waals surface area contributed by atoms with Crippen LogP contribution in [0.3, 0.4) is 0 Å². The van der Waals surface area contributed by atoms with Crippen molar-refractivity contribution in [1.29, 1.82) is 0 Å². The lowest BCUT2D eigenvalue weighted by Crippen LogP contribution is -2.77. The van der Waals surface area contributed by atoms with Gasteiger partial charge in [0.2, 0.25) is 0 Å². The van der Waals surface area contributed by atoms with Gasteiger partial charge in [-0.05, 0) is 92.1 Å². The predicted molar refractivity (Wildman–Crippen MR) is 347 cm³/mol. The highest BCUT2D eigenvalue weighted by molar-refractivity contribution is 5.94. The number of quaternary nitrogens is 2. The molecule has 0 radical (unpaired) electrons. The zero-order chi connectivity index (χ0) is 62.3. The summed E-state index contributed by atoms with van der Waals surface area (Å²) in [4.78, 5) is 29.6. The first-order chi connectivity index (χ1) is 42.3. The first-order valence-electron chi connectivity index (χ1n) is 31.5. The third-order valence-corrected chi connectivity index (χ3v) is 17.8. The fraction of sp³-hybridized carbons (Fsp3) is 0.421. The van der Waals surface area contributed by atoms with Gasteiger partial charge in [0.25, 0.3) is 0 Å². The van der Waals surface area contributed by atoms with E-state index in [0.717, 1.165) is 56.5 Å². The number of carbonyl (C=O) groups is 2. The van der Waals surface area contributed by atoms with Crippen LogP contribution >= 0.6 is 0 Å². The Balaban J connectivity index is 1.03. The molecule has 2 bridgehead atoms. The number of carbonyl (C=O) groups excluding carboxylic acids is 2. The van der Waals surface area contributed by atoms with Crippen LogP contribution in [0.4, 0.5) is 0 Å². The van der Waals surface area contributed by atoms with E-state index in [4.69, 9.17) is 37.9 Å². The van der Waals surface area contributed by atoms with E-state index in [2.05, 4.69) is 155 Å². The van der Waals surface area contributed by atoms with E-state index in [-0.39, 0.29) is 80.4 Å². The number of ether oxygens (including phenoxy) is 8. The molecule has 0 spiro atoms. The summed E-state index contributed by atoms with van der Waals surface area (Å²) >= 11 is 0. The molecule has 0 saturated heterocycles. The first kappa shape index (κ1) is 65.3. The highest BCUT2D eigenvalue weighted by Crippen LogP contribution is 2.42. The molecule has 0 amide bonds. The highest BCUT2D eigenvalue weighted by Gasteiger charge is 2.61. The van der Waals surface area contributed by atoms with Gasteiger partial charge in [-0.15, -0.1) is 0 Å². The van der Waals surface area contributed by atoms with Gasteiger partial charge in [-0.2, -0.15) is 0 Å². The lowest BCUT2D eigenvalue weighted by atomic mass is 9.80. The Morgan fingerprint density at radius 3 is 1.39 bits per heavy atom. The smallest absolute Gasteiger partial charge is 0.323 e. The molecule has 7 aromatic rings. The van der Waals surface area contributed by atoms with Crippen LogP contribution in [0.5, 0.6) is 23.0 Å². The standard InChI is InChI=1S/C76H94N2O10/c1-11-67(65-19-13-12-14-20-65)70(80)48-68(66-31-27-61(28-32-66)51-77(7,8)52-63-45-57(4)42-58(5)46-63)69(79)47-59(6)64-29-25-60(26-30-64)50-76-78(9,10)75(49-62-43-55(2)41-56(3)44-62,53-81-33-35-83-71-21-15-17-23-73(71)85-37-39-87-76)54-82-34-36-84-72-22-16-18-24-74(72)86-38-40-88-76/h12-32,41-46,59,67-68H,11,33-40,47-54H2,1-10H3/q+2. The highest BCUT2D eigenvalue weighted by atomic mass is 16.7. The van der Waals surface area contributed by atoms with Crippen molar-refractivity contribution in [3.8, 4) is 23.0 Å². The molecule has 0 saturated carbocycles. The molecular formula is C76H94N2O10+2. The number of rotatable bonds is 18. The number of hydrogen-bond acceptors (Lipinski definition) is 10. The van der Waals surface area contributed by atoms with Crippen molar-refractivity contribution in [3.05, 3.63) is 225 Å². The van der Waals surface area contributed by atoms with Crippen LogP contribution in [-0.4, -0.2) is 126 Å². The Morgan fingerprint density at radius 1 is 0.466 bits per heavy atom. The molecule has 0 aromatic heterocycles. The zero-order valence-corrected chi connectivity index (χ0v) is 53.8. The van der Waals surface area contributed by atoms with Crippen molar-refractivity contribution in [2.24, 2.45) is 0 Å². The molecule has 0 N–H and O–H groups in total. The molecule has 12 nitrogen and oxygen atoms in total. The molecule has 2 heterocycles. The topological polar surface area (TPSA) is 108 Å². The third-order valence-electron chi connectivity index (χ3n) is 17.8. The monoisotopic (exact) mass is 1190 g/mol. The number of likely N-dealkylation sites (N-methyl/N-ethyl adjacent to an activating group) is 1. The lowest BCUT2D eigenvalue weighted by molar-refractivity contribution is -1.04. The minimum absolute atomic E-state index is 0.0445. The number of Topliss-reactive ketones (excluding diaryl/α,β-unsaturated/α-hetero) is 2. The van der Waals surface area contributed by atoms with E-state index in [0.29, 0.717) is 68.7 Å². The van der Waals surface area contributed by atoms with Crippen molar-refractivity contribution >= 4 is 11.6 Å². The maximum absolute atomic E-state index is 15.1. The number of hydrogen-bond donors (Lipinski definition) is 0. The molecule has 2 aliphatic heterocycles. The quantitative estimate of drug-likeness (QED) is 0.0771. The van der Waals surface area contributed by atoms with Crippen LogP contribution in [0.25, 0.3) is 0 Å². The summed E-state index contributed by atoms with van der Waals surface area (Å²) in [5.41, 5.74) is 11.5. The molecule has 12 heteroatoms. The van der Waals surface area contributed by atoms with Gasteiger partial charge >= 0.3 is 5.91 Å². The number of fused-ring (bicyclic) bond motifs is 4. The van der Waals surface area contributed by atoms with E-state index in [1.807, 2.05) is 78.9 Å². The maximum Gasteiger partial charge on any atom is 0.323 e. The van der Waals surface area contributed by atoms with Crippen LogP contribution in [0.2, 0.25) is 0 Å². The van der Waals surface area contributed by atoms with Gasteiger partial charge in [0.05, 0.1) is 61.0 Å². The lowest BCUT2D eigenvalue weighted by Gasteiger charge is -2.57. The normalized spacial score (nSPS) is 19.7. The summed E-state index contributed by atoms with van der Waals surface area (Å²) in [6.45, 7) is 16.9. The summed E-state index contributed by atoms with van der Waals surface area (Å²) in [7, 11) is 8.85. The number of benzene rings is 7. The van der Waals surface area contributed by atoms with Gasteiger partial charge in [-0.25, -0.2) is 0 Å². The molecule has 3 atom stereocenters. The van der Waals surface area contributed by atoms with Crippen LogP contribution in [0, 0.1) is 27.7 Å². The molecule has 0 fully saturated rings. The number of para-hydroxylation sites is 4. The van der Waals surface area contributed by atoms with Gasteiger partial charge in [0, 0.05) is 42.2 Å². The van der Waals surface area contributed by atoms with Crippen LogP contribution in [0.1, 0.15) is 112 Å². The van der Waals surface area contributed by atoms with Gasteiger partial charge in [0.15, 0.2) is 28.5 Å². The number of ketones is 2. The predicted octanol–water partition coefficient (Wildman–Crippen LogP) is 14.0. The van der Waals surface area contributed by atoms with Crippen molar-refractivity contribution in [1.82, 2.24) is 0 Å². The van der Waals surface area contributed by atoms with Gasteiger partial charge < -0.3 is 32.9 Å². The summed E-state index contributed by atoms with van der Waals surface area (Å²) in [6.07, 6.45) is 1.89. The van der Waals surface area contributed by atoms with E-state index < -0.39 is 17.4 Å². The van der Waals surface area contributed by atoms with Gasteiger partial charge in [-0.3, -0.25) is 23.5 Å². The summed E-state index contributed by atoms with van der Waals surface area (Å²) in [6, 6.07) is 55.7. The summed E-state index contributed by atoms with van der Waals surface area (Å²) < 4.78 is 54.8. The molecule has 0 aliphatic carbocycles. The molecular weight excluding hydrogens is 1100 g/mol. The SMILES string of the molecule is CCC(C(=O)CC(C(=O)CC(C)c1ccc(CC23OCCOc4ccccc4OCCOCC(Cc4cc(C)cc(C)c4)(COCCOc4ccccc4OCCO2)[N+]3(C)C)cc1)c1ccc(C[N+](C)(C)Cc2cc(C)cc(C)c2)cc1)c1ccccc1. The van der Waals surface area contributed by atoms with Crippen LogP contribution in [-0.2, 0) is 54.5 Å². The Morgan fingerprint density at radius 2 is 0.886 bits per heavy atom. The Kier molecular flexibility index (Phi) is 22.2. The van der Waals surface area contributed by atoms with E-state index in [1.54, 1.807) is 0 Å². The molecule has 466 valence electrons. The minimum Gasteiger partial charge on any atom is -0.487 e. The van der Waals surface area contributed by atoms with Crippen molar-refractivity contribution in [2.75, 3.05) is 94.3 Å². The van der Waals surface area contributed by atoms with E-state index in [9.17, 15) is 4.79 Å². The molecule has 2 aliphatic rings. The van der Waals surface area contributed by atoms with Crippen molar-refractivity contribution < 1.29 is 56.5 Å². The zero-order valence-electron chi connectivity index (χ0n) is 53.8. The number of aryl methyl sites for hydroxylation is 4. The molecule has 88 heavy (non-hydrogen) atoms. The average Bonchev–Trinajstić information content (AvgIpc) is 0.766. The fourth-order valence-electron chi connectivity index (χ4n) is 13.2. The Bertz CT molecular complexity index is 3290. The second-order valence-corrected chi connectivity index (χ2v) is 25.7. The van der Waals surface area contributed by atoms with Crippen LogP contribution < -0.4 is 18.9 Å². The average molecular weight is 1200 g/mol. The second-order valence-electron chi connectivity index (χ2n) is 25.7. The second kappa shape index (κ2) is 29.9. The van der Waals surface area contributed by atoms with Crippen molar-refractivity contribution in [2.45, 2.75) is 116 Å². The first-order valence-corrected chi connectivity index (χ1v) is 31.5. The largest absolute Gasteiger partial charge is 0.487 e. The summed E-state index contributed by atoms with van der Waals surface area (Å²) in [5.74, 6) is 0.117. The molecule has 3 unspecified atom stereocenters. The Labute approximate surface area is 523 Å². The third kappa shape index (κ3) is 16.8. The van der Waals surface area contributed by atoms with Gasteiger partial charge in [0.1, 0.15) is 64.3 Å². The van der Waals surface area contributed by atoms with Gasteiger partial charge in [-0.1, -0.05) is 176 Å². The Hall–Kier alpha value is -7.16. The van der Waals surface area contributed by atoms with Crippen molar-refractivity contribution in [3.63, 3.8) is 0 Å².